The number of aliphatic hydroxyl groups is 1. The molecular weight excluding hydrogens is 189 g/mol. The molecular formula is C9H16FNO3. The van der Waals surface area contributed by atoms with E-state index in [1.54, 1.807) is 20.8 Å². The van der Waals surface area contributed by atoms with Crippen LogP contribution in [0.3, 0.4) is 0 Å². The third-order valence-corrected chi connectivity index (χ3v) is 1.87. The molecule has 0 radical (unpaired) electrons. The number of β-amino-alcohol motifs (C(OH)–C–C–N with tert-alkyl or cyclic N) is 1. The quantitative estimate of drug-likeness (QED) is 0.640. The van der Waals surface area contributed by atoms with Crippen LogP contribution in [0, 0.1) is 0 Å². The average molecular weight is 205 g/mol. The molecule has 0 aromatic carbocycles. The lowest BCUT2D eigenvalue weighted by Crippen LogP contribution is -2.35. The number of alkyl halides is 1. The zero-order chi connectivity index (χ0) is 10.9. The van der Waals surface area contributed by atoms with Crippen LogP contribution in [0.2, 0.25) is 0 Å². The van der Waals surface area contributed by atoms with Crippen LogP contribution >= 0.6 is 0 Å². The van der Waals surface area contributed by atoms with Crippen molar-refractivity contribution >= 4 is 6.09 Å². The van der Waals surface area contributed by atoms with Crippen LogP contribution in [0.5, 0.6) is 0 Å². The summed E-state index contributed by atoms with van der Waals surface area (Å²) in [5.74, 6) is 0. The van der Waals surface area contributed by atoms with Crippen LogP contribution in [0.25, 0.3) is 0 Å². The van der Waals surface area contributed by atoms with E-state index >= 15 is 0 Å². The molecule has 1 N–H and O–H groups in total. The minimum atomic E-state index is -1.36. The SMILES string of the molecule is CC(C)(C)OC(=O)N1CC(O)[C@H](F)C1. The van der Waals surface area contributed by atoms with Crippen LogP contribution in [0.1, 0.15) is 20.8 Å². The second-order valence-corrected chi connectivity index (χ2v) is 4.47. The van der Waals surface area contributed by atoms with Gasteiger partial charge >= 0.3 is 6.09 Å². The first-order chi connectivity index (χ1) is 6.29. The summed E-state index contributed by atoms with van der Waals surface area (Å²) in [6.45, 7) is 5.14. The van der Waals surface area contributed by atoms with Crippen LogP contribution in [-0.4, -0.2) is 47.1 Å². The number of nitrogens with zero attached hydrogens (tertiary/aromatic N) is 1. The zero-order valence-electron chi connectivity index (χ0n) is 8.66. The number of likely N-dealkylation sites (tertiary alicyclic amines) is 1. The lowest BCUT2D eigenvalue weighted by molar-refractivity contribution is 0.0269. The number of hydrogen-bond donors (Lipinski definition) is 1. The number of carbonyl (C=O) groups is 1. The van der Waals surface area contributed by atoms with Gasteiger partial charge in [-0.25, -0.2) is 9.18 Å². The van der Waals surface area contributed by atoms with Crippen molar-refractivity contribution in [2.24, 2.45) is 0 Å². The van der Waals surface area contributed by atoms with Gasteiger partial charge in [0.2, 0.25) is 0 Å². The number of amides is 1. The number of halogens is 1. The lowest BCUT2D eigenvalue weighted by atomic mass is 10.2. The molecule has 0 aromatic rings. The number of rotatable bonds is 0. The second kappa shape index (κ2) is 3.73. The monoisotopic (exact) mass is 205 g/mol. The Morgan fingerprint density at radius 1 is 1.50 bits per heavy atom. The molecule has 0 aliphatic carbocycles. The molecule has 0 aromatic heterocycles. The molecule has 1 saturated heterocycles. The number of carbonyl (C=O) groups excluding carboxylic acids is 1. The van der Waals surface area contributed by atoms with Crippen molar-refractivity contribution in [3.8, 4) is 0 Å². The summed E-state index contributed by atoms with van der Waals surface area (Å²) < 4.78 is 17.9. The van der Waals surface area contributed by atoms with Crippen molar-refractivity contribution in [3.63, 3.8) is 0 Å². The van der Waals surface area contributed by atoms with Crippen molar-refractivity contribution in [2.75, 3.05) is 13.1 Å². The van der Waals surface area contributed by atoms with Crippen molar-refractivity contribution in [2.45, 2.75) is 38.6 Å². The van der Waals surface area contributed by atoms with Gasteiger partial charge < -0.3 is 14.7 Å². The number of hydrogen-bond acceptors (Lipinski definition) is 3. The highest BCUT2D eigenvalue weighted by Gasteiger charge is 2.35. The zero-order valence-corrected chi connectivity index (χ0v) is 8.66. The van der Waals surface area contributed by atoms with Crippen molar-refractivity contribution < 1.29 is 19.0 Å². The van der Waals surface area contributed by atoms with E-state index in [1.807, 2.05) is 0 Å². The van der Waals surface area contributed by atoms with E-state index < -0.39 is 24.0 Å². The van der Waals surface area contributed by atoms with E-state index in [4.69, 9.17) is 9.84 Å². The maximum Gasteiger partial charge on any atom is 0.410 e. The van der Waals surface area contributed by atoms with Gasteiger partial charge in [-0.2, -0.15) is 0 Å². The van der Waals surface area contributed by atoms with Crippen molar-refractivity contribution in [1.82, 2.24) is 4.90 Å². The molecule has 1 rings (SSSR count). The van der Waals surface area contributed by atoms with Gasteiger partial charge in [0.25, 0.3) is 0 Å². The second-order valence-electron chi connectivity index (χ2n) is 4.47. The highest BCUT2D eigenvalue weighted by molar-refractivity contribution is 5.68. The first-order valence-electron chi connectivity index (χ1n) is 4.59. The molecule has 1 heterocycles. The molecule has 0 spiro atoms. The minimum Gasteiger partial charge on any atom is -0.444 e. The maximum atomic E-state index is 12.9. The summed E-state index contributed by atoms with van der Waals surface area (Å²) in [6, 6.07) is 0. The van der Waals surface area contributed by atoms with Gasteiger partial charge in [-0.3, -0.25) is 0 Å². The summed E-state index contributed by atoms with van der Waals surface area (Å²) in [7, 11) is 0. The predicted octanol–water partition coefficient (Wildman–Crippen LogP) is 0.936. The van der Waals surface area contributed by atoms with Crippen LogP contribution in [0.4, 0.5) is 9.18 Å². The Balaban J connectivity index is 2.48. The molecule has 1 unspecified atom stereocenters. The normalized spacial score (nSPS) is 27.9. The smallest absolute Gasteiger partial charge is 0.410 e. The fraction of sp³-hybridized carbons (Fsp3) is 0.889. The first-order valence-corrected chi connectivity index (χ1v) is 4.59. The third-order valence-electron chi connectivity index (χ3n) is 1.87. The van der Waals surface area contributed by atoms with Crippen LogP contribution in [-0.2, 0) is 4.74 Å². The van der Waals surface area contributed by atoms with Gasteiger partial charge in [0.1, 0.15) is 17.9 Å². The van der Waals surface area contributed by atoms with Gasteiger partial charge in [0, 0.05) is 0 Å². The van der Waals surface area contributed by atoms with Gasteiger partial charge in [-0.15, -0.1) is 0 Å². The van der Waals surface area contributed by atoms with E-state index in [9.17, 15) is 9.18 Å². The van der Waals surface area contributed by atoms with Crippen LogP contribution in [0.15, 0.2) is 0 Å². The fourth-order valence-electron chi connectivity index (χ4n) is 1.22. The molecule has 1 fully saturated rings. The average Bonchev–Trinajstić information content (AvgIpc) is 2.28. The lowest BCUT2D eigenvalue weighted by Gasteiger charge is -2.23. The van der Waals surface area contributed by atoms with Crippen molar-refractivity contribution in [3.05, 3.63) is 0 Å². The number of aliphatic hydroxyl groups excluding tert-OH is 1. The molecule has 5 heteroatoms. The predicted molar refractivity (Wildman–Crippen MR) is 48.7 cm³/mol. The van der Waals surface area contributed by atoms with Gasteiger partial charge in [0.05, 0.1) is 13.1 Å². The minimum absolute atomic E-state index is 0.0100. The first kappa shape index (κ1) is 11.2. The van der Waals surface area contributed by atoms with Gasteiger partial charge in [0.15, 0.2) is 0 Å². The Morgan fingerprint density at radius 3 is 2.43 bits per heavy atom. The van der Waals surface area contributed by atoms with E-state index in [0.29, 0.717) is 0 Å². The molecule has 1 aliphatic rings. The Labute approximate surface area is 82.6 Å². The summed E-state index contributed by atoms with van der Waals surface area (Å²) in [6.07, 6.45) is -3.01. The van der Waals surface area contributed by atoms with E-state index in [-0.39, 0.29) is 13.1 Å². The van der Waals surface area contributed by atoms with E-state index in [2.05, 4.69) is 0 Å². The summed E-state index contributed by atoms with van der Waals surface area (Å²) in [5, 5.41) is 9.09. The van der Waals surface area contributed by atoms with Gasteiger partial charge in [-0.1, -0.05) is 0 Å². The molecule has 82 valence electrons. The van der Waals surface area contributed by atoms with Crippen LogP contribution < -0.4 is 0 Å². The third kappa shape index (κ3) is 2.83. The topological polar surface area (TPSA) is 49.8 Å². The maximum absolute atomic E-state index is 12.9. The van der Waals surface area contributed by atoms with E-state index in [1.165, 1.54) is 4.90 Å². The summed E-state index contributed by atoms with van der Waals surface area (Å²) in [5.41, 5.74) is -0.587. The van der Waals surface area contributed by atoms with Gasteiger partial charge in [-0.05, 0) is 20.8 Å². The van der Waals surface area contributed by atoms with E-state index in [0.717, 1.165) is 0 Å². The Hall–Kier alpha value is -0.840. The summed E-state index contributed by atoms with van der Waals surface area (Å²) in [4.78, 5) is 12.6. The molecule has 1 amide bonds. The molecule has 1 aliphatic heterocycles. The largest absolute Gasteiger partial charge is 0.444 e. The molecule has 2 atom stereocenters. The highest BCUT2D eigenvalue weighted by atomic mass is 19.1. The number of ether oxygens (including phenoxy) is 1. The Bertz CT molecular complexity index is 217. The molecule has 4 nitrogen and oxygen atoms in total. The fourth-order valence-corrected chi connectivity index (χ4v) is 1.22. The standard InChI is InChI=1S/C9H16FNO3/c1-9(2,3)14-8(13)11-4-6(10)7(12)5-11/h6-7,12H,4-5H2,1-3H3/t6-,7?/m1/s1. The molecule has 14 heavy (non-hydrogen) atoms. The Morgan fingerprint density at radius 2 is 2.07 bits per heavy atom. The summed E-state index contributed by atoms with van der Waals surface area (Å²) >= 11 is 0. The molecule has 0 bridgehead atoms. The highest BCUT2D eigenvalue weighted by Crippen LogP contribution is 2.17. The van der Waals surface area contributed by atoms with Crippen molar-refractivity contribution in [1.29, 1.82) is 0 Å². The molecule has 0 saturated carbocycles. The Kier molecular flexibility index (Phi) is 2.99.